The molecular formula is C15H11F3O3S. The Hall–Kier alpha value is -1.86. The van der Waals surface area contributed by atoms with Gasteiger partial charge in [0.15, 0.2) is 0 Å². The van der Waals surface area contributed by atoms with Gasteiger partial charge in [-0.2, -0.15) is 21.6 Å². The first-order valence-electron chi connectivity index (χ1n) is 6.36. The second-order valence-electron chi connectivity index (χ2n) is 5.24. The van der Waals surface area contributed by atoms with Crippen LogP contribution < -0.4 is 0 Å². The van der Waals surface area contributed by atoms with Gasteiger partial charge in [0.2, 0.25) is 0 Å². The molecule has 0 fully saturated rings. The van der Waals surface area contributed by atoms with Crippen LogP contribution >= 0.6 is 0 Å². The molecule has 116 valence electrons. The summed E-state index contributed by atoms with van der Waals surface area (Å²) in [6.45, 7) is 3.51. The van der Waals surface area contributed by atoms with E-state index in [4.69, 9.17) is 0 Å². The molecule has 0 amide bonds. The zero-order chi connectivity index (χ0) is 16.3. The largest absolute Gasteiger partial charge is 0.414 e. The fraction of sp³-hybridized carbons (Fsp3) is 0.200. The summed E-state index contributed by atoms with van der Waals surface area (Å²) in [5.41, 5.74) is 0.667. The molecule has 3 nitrogen and oxygen atoms in total. The van der Waals surface area contributed by atoms with Crippen LogP contribution in [0.15, 0.2) is 53.6 Å². The van der Waals surface area contributed by atoms with Crippen LogP contribution in [0.25, 0.3) is 5.57 Å². The van der Waals surface area contributed by atoms with Crippen molar-refractivity contribution in [3.8, 4) is 0 Å². The first-order valence-corrected chi connectivity index (χ1v) is 7.86. The van der Waals surface area contributed by atoms with Crippen molar-refractivity contribution in [2.75, 3.05) is 0 Å². The van der Waals surface area contributed by atoms with Gasteiger partial charge in [0, 0.05) is 0 Å². The minimum absolute atomic E-state index is 0.219. The number of hydrogen-bond acceptors (Lipinski definition) is 2. The van der Waals surface area contributed by atoms with E-state index in [0.717, 1.165) is 11.6 Å². The van der Waals surface area contributed by atoms with Gasteiger partial charge in [-0.3, -0.25) is 4.55 Å². The van der Waals surface area contributed by atoms with E-state index in [1.54, 1.807) is 24.3 Å². The third kappa shape index (κ3) is 2.21. The molecular weight excluding hydrogens is 317 g/mol. The van der Waals surface area contributed by atoms with Crippen molar-refractivity contribution < 1.29 is 26.1 Å². The number of benzene rings is 1. The molecule has 1 aromatic carbocycles. The molecule has 1 atom stereocenters. The molecule has 1 aromatic rings. The van der Waals surface area contributed by atoms with E-state index in [0.29, 0.717) is 23.1 Å². The fourth-order valence-electron chi connectivity index (χ4n) is 2.98. The van der Waals surface area contributed by atoms with Crippen molar-refractivity contribution in [3.63, 3.8) is 0 Å². The van der Waals surface area contributed by atoms with Crippen LogP contribution in [0, 0.1) is 0 Å². The van der Waals surface area contributed by atoms with Crippen LogP contribution in [0.5, 0.6) is 0 Å². The average molecular weight is 328 g/mol. The summed E-state index contributed by atoms with van der Waals surface area (Å²) in [5.74, 6) is 0. The lowest BCUT2D eigenvalue weighted by molar-refractivity contribution is -0.0929. The minimum Gasteiger partial charge on any atom is -0.285 e. The first kappa shape index (κ1) is 15.1. The highest BCUT2D eigenvalue weighted by molar-refractivity contribution is 7.86. The third-order valence-corrected chi connectivity index (χ3v) is 5.05. The normalized spacial score (nSPS) is 21.5. The summed E-state index contributed by atoms with van der Waals surface area (Å²) in [6.07, 6.45) is -3.76. The quantitative estimate of drug-likeness (QED) is 0.805. The van der Waals surface area contributed by atoms with Crippen LogP contribution in [0.2, 0.25) is 0 Å². The Labute approximate surface area is 125 Å². The highest BCUT2D eigenvalue weighted by Gasteiger charge is 2.49. The smallest absolute Gasteiger partial charge is 0.285 e. The number of hydrogen-bond donors (Lipinski definition) is 1. The Morgan fingerprint density at radius 3 is 2.45 bits per heavy atom. The maximum atomic E-state index is 13.2. The number of rotatable bonds is 1. The molecule has 0 heterocycles. The molecule has 2 aliphatic carbocycles. The molecule has 0 saturated carbocycles. The van der Waals surface area contributed by atoms with Crippen molar-refractivity contribution >= 4 is 15.7 Å². The van der Waals surface area contributed by atoms with E-state index in [9.17, 15) is 26.1 Å². The van der Waals surface area contributed by atoms with E-state index in [-0.39, 0.29) is 5.57 Å². The predicted octanol–water partition coefficient (Wildman–Crippen LogP) is 3.31. The van der Waals surface area contributed by atoms with Crippen molar-refractivity contribution in [3.05, 3.63) is 64.8 Å². The van der Waals surface area contributed by atoms with Crippen LogP contribution in [-0.2, 0) is 16.5 Å². The standard InChI is InChI=1S/C15H11F3O3S/c1-8-11-6-9-4-2-3-5-10(9)12(11)7-13(15(16,17)18)14(8)22(19,20)21/h2-5,7,14H,1,6H2,(H,19,20,21). The molecule has 2 aliphatic rings. The van der Waals surface area contributed by atoms with E-state index < -0.39 is 27.1 Å². The van der Waals surface area contributed by atoms with Crippen molar-refractivity contribution in [1.82, 2.24) is 0 Å². The highest BCUT2D eigenvalue weighted by atomic mass is 32.2. The zero-order valence-electron chi connectivity index (χ0n) is 11.2. The Kier molecular flexibility index (Phi) is 3.12. The van der Waals surface area contributed by atoms with E-state index in [1.165, 1.54) is 0 Å². The Bertz CT molecular complexity index is 845. The monoisotopic (exact) mass is 328 g/mol. The number of alkyl halides is 3. The molecule has 0 aromatic heterocycles. The van der Waals surface area contributed by atoms with Gasteiger partial charge in [0.25, 0.3) is 10.1 Å². The summed E-state index contributed by atoms with van der Waals surface area (Å²) < 4.78 is 71.8. The third-order valence-electron chi connectivity index (χ3n) is 3.91. The summed E-state index contributed by atoms with van der Waals surface area (Å²) in [7, 11) is -4.96. The van der Waals surface area contributed by atoms with E-state index >= 15 is 0 Å². The van der Waals surface area contributed by atoms with Gasteiger partial charge in [-0.1, -0.05) is 30.8 Å². The Morgan fingerprint density at radius 1 is 1.23 bits per heavy atom. The Morgan fingerprint density at radius 2 is 1.86 bits per heavy atom. The van der Waals surface area contributed by atoms with Gasteiger partial charge in [-0.15, -0.1) is 0 Å². The lowest BCUT2D eigenvalue weighted by Gasteiger charge is -2.27. The first-order chi connectivity index (χ1) is 10.1. The molecule has 0 bridgehead atoms. The summed E-state index contributed by atoms with van der Waals surface area (Å²) in [5, 5.41) is -2.17. The average Bonchev–Trinajstić information content (AvgIpc) is 2.75. The van der Waals surface area contributed by atoms with Gasteiger partial charge < -0.3 is 0 Å². The van der Waals surface area contributed by atoms with Gasteiger partial charge >= 0.3 is 6.18 Å². The molecule has 0 saturated heterocycles. The molecule has 7 heteroatoms. The van der Waals surface area contributed by atoms with Crippen LogP contribution in [-0.4, -0.2) is 24.4 Å². The maximum absolute atomic E-state index is 13.2. The number of fused-ring (bicyclic) bond motifs is 2. The van der Waals surface area contributed by atoms with Gasteiger partial charge in [-0.05, 0) is 40.3 Å². The number of halogens is 3. The number of allylic oxidation sites excluding steroid dienone is 3. The SMILES string of the molecule is C=C1C2=C(C=C(C(F)(F)F)C1S(=O)(=O)O)c1ccccc1C2. The van der Waals surface area contributed by atoms with Crippen LogP contribution in [0.4, 0.5) is 13.2 Å². The van der Waals surface area contributed by atoms with Gasteiger partial charge in [-0.25, -0.2) is 0 Å². The van der Waals surface area contributed by atoms with Crippen molar-refractivity contribution in [1.29, 1.82) is 0 Å². The van der Waals surface area contributed by atoms with Crippen molar-refractivity contribution in [2.24, 2.45) is 0 Å². The van der Waals surface area contributed by atoms with Crippen LogP contribution in [0.1, 0.15) is 11.1 Å². The van der Waals surface area contributed by atoms with Gasteiger partial charge in [0.1, 0.15) is 5.25 Å². The van der Waals surface area contributed by atoms with E-state index in [1.807, 2.05) is 0 Å². The summed E-state index contributed by atoms with van der Waals surface area (Å²) in [6, 6.07) is 6.91. The molecule has 1 N–H and O–H groups in total. The highest BCUT2D eigenvalue weighted by Crippen LogP contribution is 2.47. The van der Waals surface area contributed by atoms with Crippen molar-refractivity contribution in [2.45, 2.75) is 17.8 Å². The fourth-order valence-corrected chi connectivity index (χ4v) is 4.01. The lowest BCUT2D eigenvalue weighted by atomic mass is 9.88. The summed E-state index contributed by atoms with van der Waals surface area (Å²) >= 11 is 0. The minimum atomic E-state index is -4.96. The molecule has 3 rings (SSSR count). The zero-order valence-corrected chi connectivity index (χ0v) is 12.0. The maximum Gasteiger partial charge on any atom is 0.414 e. The molecule has 0 radical (unpaired) electrons. The van der Waals surface area contributed by atoms with Gasteiger partial charge in [0.05, 0.1) is 5.57 Å². The van der Waals surface area contributed by atoms with E-state index in [2.05, 4.69) is 6.58 Å². The lowest BCUT2D eigenvalue weighted by Crippen LogP contribution is -2.34. The predicted molar refractivity (Wildman–Crippen MR) is 75.7 cm³/mol. The summed E-state index contributed by atoms with van der Waals surface area (Å²) in [4.78, 5) is 0. The van der Waals surface area contributed by atoms with Crippen LogP contribution in [0.3, 0.4) is 0 Å². The molecule has 0 aliphatic heterocycles. The second-order valence-corrected chi connectivity index (χ2v) is 6.75. The Balaban J connectivity index is 2.24. The topological polar surface area (TPSA) is 54.4 Å². The molecule has 22 heavy (non-hydrogen) atoms. The second kappa shape index (κ2) is 4.57. The molecule has 0 spiro atoms. The molecule has 1 unspecified atom stereocenters.